The van der Waals surface area contributed by atoms with Crippen LogP contribution in [0.3, 0.4) is 0 Å². The number of rotatable bonds is 2. The van der Waals surface area contributed by atoms with Crippen LogP contribution in [-0.2, 0) is 6.42 Å². The van der Waals surface area contributed by atoms with Crippen molar-refractivity contribution in [3.8, 4) is 11.5 Å². The van der Waals surface area contributed by atoms with Crippen LogP contribution in [0.1, 0.15) is 30.4 Å². The number of hydrogen-bond acceptors (Lipinski definition) is 2. The van der Waals surface area contributed by atoms with Crippen LogP contribution in [-0.4, -0.2) is 7.11 Å². The quantitative estimate of drug-likeness (QED) is 0.749. The minimum atomic E-state index is 0.599. The highest BCUT2D eigenvalue weighted by molar-refractivity contribution is 6.09. The van der Waals surface area contributed by atoms with Gasteiger partial charge in [-0.25, -0.2) is 0 Å². The number of aryl methyl sites for hydroxylation is 1. The van der Waals surface area contributed by atoms with E-state index in [9.17, 15) is 0 Å². The number of hydrogen-bond donors (Lipinski definition) is 0. The Bertz CT molecular complexity index is 349. The minimum absolute atomic E-state index is 0.599. The molecule has 1 aliphatic carbocycles. The Hall–Kier alpha value is -0.890. The molecule has 0 saturated heterocycles. The van der Waals surface area contributed by atoms with Crippen molar-refractivity contribution >= 4 is 11.9 Å². The van der Waals surface area contributed by atoms with Crippen molar-refractivity contribution in [3.05, 3.63) is 23.3 Å². The molecule has 3 heteroatoms. The van der Waals surface area contributed by atoms with Crippen molar-refractivity contribution in [2.75, 3.05) is 7.11 Å². The number of ether oxygens (including phenoxy) is 1. The molecule has 0 bridgehead atoms. The van der Waals surface area contributed by atoms with Crippen molar-refractivity contribution < 1.29 is 9.03 Å². The van der Waals surface area contributed by atoms with E-state index in [1.807, 2.05) is 12.1 Å². The summed E-state index contributed by atoms with van der Waals surface area (Å²) in [5, 5.41) is 0. The van der Waals surface area contributed by atoms with E-state index < -0.39 is 0 Å². The van der Waals surface area contributed by atoms with E-state index in [2.05, 4.69) is 6.92 Å². The van der Waals surface area contributed by atoms with Gasteiger partial charge in [0.2, 0.25) is 0 Å². The van der Waals surface area contributed by atoms with Crippen molar-refractivity contribution in [2.45, 2.75) is 25.7 Å². The van der Waals surface area contributed by atoms with Crippen molar-refractivity contribution in [1.29, 1.82) is 0 Å². The lowest BCUT2D eigenvalue weighted by molar-refractivity contribution is 0.397. The van der Waals surface area contributed by atoms with Gasteiger partial charge >= 0.3 is 0 Å². The topological polar surface area (TPSA) is 18.5 Å². The van der Waals surface area contributed by atoms with Gasteiger partial charge < -0.3 is 9.03 Å². The maximum absolute atomic E-state index is 5.38. The number of halogens is 1. The van der Waals surface area contributed by atoms with Gasteiger partial charge in [0, 0.05) is 0 Å². The first-order valence-corrected chi connectivity index (χ1v) is 5.06. The first kappa shape index (κ1) is 9.66. The van der Waals surface area contributed by atoms with Crippen LogP contribution in [0.4, 0.5) is 0 Å². The molecule has 0 saturated carbocycles. The van der Waals surface area contributed by atoms with Gasteiger partial charge in [0.05, 0.1) is 7.11 Å². The molecule has 0 N–H and O–H groups in total. The highest BCUT2D eigenvalue weighted by atomic mass is 35.5. The lowest BCUT2D eigenvalue weighted by Crippen LogP contribution is -1.92. The van der Waals surface area contributed by atoms with Crippen LogP contribution in [0.2, 0.25) is 0 Å². The first-order chi connectivity index (χ1) is 6.76. The second-order valence-corrected chi connectivity index (χ2v) is 3.87. The largest absolute Gasteiger partial charge is 0.493 e. The van der Waals surface area contributed by atoms with Crippen LogP contribution in [0.15, 0.2) is 12.1 Å². The van der Waals surface area contributed by atoms with Crippen LogP contribution in [0.5, 0.6) is 11.5 Å². The second-order valence-electron chi connectivity index (χ2n) is 3.72. The molecule has 0 aliphatic heterocycles. The molecule has 1 aromatic rings. The molecule has 2 nitrogen and oxygen atoms in total. The Labute approximate surface area is 89.0 Å². The van der Waals surface area contributed by atoms with E-state index in [-0.39, 0.29) is 0 Å². The number of benzene rings is 1. The normalized spacial score (nSPS) is 19.2. The van der Waals surface area contributed by atoms with Gasteiger partial charge in [-0.1, -0.05) is 6.92 Å². The molecule has 0 fully saturated rings. The molecule has 0 aromatic heterocycles. The summed E-state index contributed by atoms with van der Waals surface area (Å²) in [5.41, 5.74) is 2.69. The summed E-state index contributed by atoms with van der Waals surface area (Å²) in [4.78, 5) is 0. The zero-order valence-electron chi connectivity index (χ0n) is 8.34. The zero-order valence-corrected chi connectivity index (χ0v) is 9.10. The van der Waals surface area contributed by atoms with E-state index in [0.29, 0.717) is 17.4 Å². The average Bonchev–Trinajstić information content (AvgIpc) is 2.58. The molecule has 14 heavy (non-hydrogen) atoms. The highest BCUT2D eigenvalue weighted by Gasteiger charge is 2.21. The second kappa shape index (κ2) is 3.70. The van der Waals surface area contributed by atoms with Crippen LogP contribution in [0.25, 0.3) is 0 Å². The number of fused-ring (bicyclic) bond motifs is 1. The fourth-order valence-corrected chi connectivity index (χ4v) is 2.16. The maximum atomic E-state index is 5.38. The Morgan fingerprint density at radius 2 is 2.14 bits per heavy atom. The van der Waals surface area contributed by atoms with Crippen LogP contribution >= 0.6 is 11.9 Å². The third-order valence-corrected chi connectivity index (χ3v) is 3.05. The summed E-state index contributed by atoms with van der Waals surface area (Å²) in [6, 6.07) is 4.01. The molecular formula is C11H13ClO2. The Kier molecular flexibility index (Phi) is 2.55. The fraction of sp³-hybridized carbons (Fsp3) is 0.455. The summed E-state index contributed by atoms with van der Waals surface area (Å²) in [5.74, 6) is 1.93. The molecule has 76 valence electrons. The number of methoxy groups -OCH3 is 1. The molecule has 0 amide bonds. The van der Waals surface area contributed by atoms with Crippen molar-refractivity contribution in [2.24, 2.45) is 0 Å². The van der Waals surface area contributed by atoms with E-state index >= 15 is 0 Å². The lowest BCUT2D eigenvalue weighted by atomic mass is 10.0. The lowest BCUT2D eigenvalue weighted by Gasteiger charge is -2.10. The first-order valence-electron chi connectivity index (χ1n) is 4.75. The van der Waals surface area contributed by atoms with Gasteiger partial charge in [-0.15, -0.1) is 0 Å². The average molecular weight is 213 g/mol. The predicted molar refractivity (Wildman–Crippen MR) is 56.2 cm³/mol. The summed E-state index contributed by atoms with van der Waals surface area (Å²) < 4.78 is 9.94. The maximum Gasteiger partial charge on any atom is 0.188 e. The minimum Gasteiger partial charge on any atom is -0.493 e. The standard InChI is InChI=1S/C11H13ClO2/c1-7-3-4-8-5-10(13-2)11(14-12)6-9(7)8/h5-7H,3-4H2,1-2H3. The Morgan fingerprint density at radius 3 is 2.79 bits per heavy atom. The molecule has 0 heterocycles. The van der Waals surface area contributed by atoms with Gasteiger partial charge in [-0.05, 0) is 42.0 Å². The van der Waals surface area contributed by atoms with Crippen molar-refractivity contribution in [1.82, 2.24) is 0 Å². The third-order valence-electron chi connectivity index (χ3n) is 2.89. The summed E-state index contributed by atoms with van der Waals surface area (Å²) in [7, 11) is 1.62. The van der Waals surface area contributed by atoms with E-state index in [4.69, 9.17) is 20.9 Å². The Morgan fingerprint density at radius 1 is 1.36 bits per heavy atom. The van der Waals surface area contributed by atoms with Gasteiger partial charge in [-0.2, -0.15) is 0 Å². The molecule has 2 rings (SSSR count). The molecule has 1 aliphatic rings. The fourth-order valence-electron chi connectivity index (χ4n) is 2.04. The van der Waals surface area contributed by atoms with Crippen LogP contribution < -0.4 is 9.03 Å². The highest BCUT2D eigenvalue weighted by Crippen LogP contribution is 2.40. The van der Waals surface area contributed by atoms with E-state index in [1.54, 1.807) is 7.11 Å². The Balaban J connectivity index is 2.49. The SMILES string of the molecule is COc1cc2c(cc1OCl)C(C)CC2. The van der Waals surface area contributed by atoms with Gasteiger partial charge in [0.15, 0.2) is 11.5 Å². The smallest absolute Gasteiger partial charge is 0.188 e. The van der Waals surface area contributed by atoms with Gasteiger partial charge in [0.25, 0.3) is 0 Å². The molecular weight excluding hydrogens is 200 g/mol. The molecule has 0 radical (unpaired) electrons. The molecule has 1 unspecified atom stereocenters. The zero-order chi connectivity index (χ0) is 10.1. The summed E-state index contributed by atoms with van der Waals surface area (Å²) >= 11 is 5.38. The van der Waals surface area contributed by atoms with E-state index in [0.717, 1.165) is 6.42 Å². The monoisotopic (exact) mass is 212 g/mol. The summed E-state index contributed by atoms with van der Waals surface area (Å²) in [6.45, 7) is 2.22. The molecule has 1 aromatic carbocycles. The predicted octanol–water partition coefficient (Wildman–Crippen LogP) is 3.28. The summed E-state index contributed by atoms with van der Waals surface area (Å²) in [6.07, 6.45) is 2.32. The molecule has 1 atom stereocenters. The molecule has 0 spiro atoms. The van der Waals surface area contributed by atoms with Crippen molar-refractivity contribution in [3.63, 3.8) is 0 Å². The van der Waals surface area contributed by atoms with Gasteiger partial charge in [0.1, 0.15) is 11.9 Å². The van der Waals surface area contributed by atoms with E-state index in [1.165, 1.54) is 17.5 Å². The van der Waals surface area contributed by atoms with Gasteiger partial charge in [-0.3, -0.25) is 0 Å². The van der Waals surface area contributed by atoms with Crippen LogP contribution in [0, 0.1) is 0 Å². The third kappa shape index (κ3) is 1.44.